The van der Waals surface area contributed by atoms with Gasteiger partial charge < -0.3 is 10.0 Å². The second-order valence-corrected chi connectivity index (χ2v) is 5.63. The zero-order valence-electron chi connectivity index (χ0n) is 11.3. The van der Waals surface area contributed by atoms with Crippen molar-refractivity contribution in [2.24, 2.45) is 11.8 Å². The third-order valence-electron chi connectivity index (χ3n) is 4.25. The highest BCUT2D eigenvalue weighted by Crippen LogP contribution is 2.32. The molecule has 1 N–H and O–H groups in total. The van der Waals surface area contributed by atoms with Gasteiger partial charge in [-0.1, -0.05) is 12.2 Å². The first-order chi connectivity index (χ1) is 9.39. The van der Waals surface area contributed by atoms with E-state index in [0.29, 0.717) is 13.1 Å². The van der Waals surface area contributed by atoms with Crippen molar-refractivity contribution in [1.29, 1.82) is 0 Å². The molecule has 2 unspecified atom stereocenters. The van der Waals surface area contributed by atoms with Crippen molar-refractivity contribution in [2.75, 3.05) is 13.1 Å². The number of carbonyl (C=O) groups is 1. The highest BCUT2D eigenvalue weighted by atomic mass is 19.4. The monoisotopic (exact) mass is 291 g/mol. The topological polar surface area (TPSA) is 40.5 Å². The van der Waals surface area contributed by atoms with Gasteiger partial charge in [0.25, 0.3) is 0 Å². The molecular formula is C14H20F3NO2. The van der Waals surface area contributed by atoms with E-state index >= 15 is 0 Å². The van der Waals surface area contributed by atoms with Crippen molar-refractivity contribution < 1.29 is 23.1 Å². The quantitative estimate of drug-likeness (QED) is 0.794. The average Bonchev–Trinajstić information content (AvgIpc) is 2.46. The van der Waals surface area contributed by atoms with Crippen LogP contribution in [0.3, 0.4) is 0 Å². The summed E-state index contributed by atoms with van der Waals surface area (Å²) in [5, 5.41) is 9.25. The van der Waals surface area contributed by atoms with Gasteiger partial charge >= 0.3 is 6.18 Å². The van der Waals surface area contributed by atoms with Crippen LogP contribution in [-0.4, -0.2) is 41.3 Å². The van der Waals surface area contributed by atoms with Crippen LogP contribution in [0.5, 0.6) is 0 Å². The first-order valence-corrected chi connectivity index (χ1v) is 7.08. The van der Waals surface area contributed by atoms with E-state index in [-0.39, 0.29) is 24.7 Å². The lowest BCUT2D eigenvalue weighted by Crippen LogP contribution is -2.46. The van der Waals surface area contributed by atoms with Gasteiger partial charge in [0.2, 0.25) is 5.91 Å². The number of aliphatic hydroxyl groups excluding tert-OH is 1. The van der Waals surface area contributed by atoms with Crippen molar-refractivity contribution in [3.8, 4) is 0 Å². The van der Waals surface area contributed by atoms with Gasteiger partial charge in [0.05, 0.1) is 0 Å². The van der Waals surface area contributed by atoms with Crippen LogP contribution in [-0.2, 0) is 4.79 Å². The fourth-order valence-electron chi connectivity index (χ4n) is 2.98. The zero-order valence-corrected chi connectivity index (χ0v) is 11.3. The van der Waals surface area contributed by atoms with E-state index in [1.54, 1.807) is 4.90 Å². The minimum absolute atomic E-state index is 0.0240. The highest BCUT2D eigenvalue weighted by Gasteiger charge is 2.44. The van der Waals surface area contributed by atoms with Crippen molar-refractivity contribution in [3.63, 3.8) is 0 Å². The van der Waals surface area contributed by atoms with Crippen LogP contribution in [0.15, 0.2) is 12.2 Å². The number of halogens is 3. The molecule has 0 saturated carbocycles. The highest BCUT2D eigenvalue weighted by molar-refractivity contribution is 5.79. The van der Waals surface area contributed by atoms with E-state index in [1.165, 1.54) is 0 Å². The molecule has 2 aliphatic rings. The number of likely N-dealkylation sites (tertiary alicyclic amines) is 1. The Morgan fingerprint density at radius 2 is 1.85 bits per heavy atom. The number of piperidine rings is 1. The van der Waals surface area contributed by atoms with Crippen molar-refractivity contribution >= 4 is 5.91 Å². The molecule has 3 nitrogen and oxygen atoms in total. The van der Waals surface area contributed by atoms with Crippen LogP contribution in [0.4, 0.5) is 13.2 Å². The summed E-state index contributed by atoms with van der Waals surface area (Å²) < 4.78 is 37.3. The summed E-state index contributed by atoms with van der Waals surface area (Å²) in [4.78, 5) is 13.9. The largest absolute Gasteiger partial charge is 0.414 e. The minimum atomic E-state index is -4.56. The second kappa shape index (κ2) is 6.16. The Morgan fingerprint density at radius 3 is 2.35 bits per heavy atom. The van der Waals surface area contributed by atoms with E-state index in [9.17, 15) is 23.1 Å². The molecule has 1 aliphatic carbocycles. The predicted octanol–water partition coefficient (Wildman–Crippen LogP) is 2.50. The molecule has 2 atom stereocenters. The van der Waals surface area contributed by atoms with Crippen LogP contribution < -0.4 is 0 Å². The van der Waals surface area contributed by atoms with E-state index in [0.717, 1.165) is 19.3 Å². The standard InChI is InChI=1S/C14H20F3NO2/c15-14(16,17)12(19)10-6-8-18(9-7-10)13(20)11-4-2-1-3-5-11/h1-2,10-12,19H,3-9H2. The lowest BCUT2D eigenvalue weighted by molar-refractivity contribution is -0.223. The maximum Gasteiger partial charge on any atom is 0.414 e. The molecule has 0 aromatic heterocycles. The summed E-state index contributed by atoms with van der Waals surface area (Å²) in [6.45, 7) is 0.633. The fourth-order valence-corrected chi connectivity index (χ4v) is 2.98. The van der Waals surface area contributed by atoms with Gasteiger partial charge in [-0.2, -0.15) is 13.2 Å². The van der Waals surface area contributed by atoms with E-state index < -0.39 is 18.2 Å². The predicted molar refractivity (Wildman–Crippen MR) is 67.8 cm³/mol. The van der Waals surface area contributed by atoms with Crippen molar-refractivity contribution in [3.05, 3.63) is 12.2 Å². The SMILES string of the molecule is O=C(C1CC=CCC1)N1CCC(C(O)C(F)(F)F)CC1. The molecule has 0 spiro atoms. The first kappa shape index (κ1) is 15.4. The number of nitrogens with zero attached hydrogens (tertiary/aromatic N) is 1. The molecule has 0 bridgehead atoms. The fraction of sp³-hybridized carbons (Fsp3) is 0.786. The summed E-state index contributed by atoms with van der Waals surface area (Å²) in [6.07, 6.45) is 0.0818. The molecule has 20 heavy (non-hydrogen) atoms. The summed E-state index contributed by atoms with van der Waals surface area (Å²) in [5.41, 5.74) is 0. The van der Waals surface area contributed by atoms with Crippen LogP contribution in [0.2, 0.25) is 0 Å². The van der Waals surface area contributed by atoms with E-state index in [1.807, 2.05) is 6.08 Å². The van der Waals surface area contributed by atoms with Crippen molar-refractivity contribution in [1.82, 2.24) is 4.90 Å². The lowest BCUT2D eigenvalue weighted by atomic mass is 9.88. The third kappa shape index (κ3) is 3.53. The molecule has 1 amide bonds. The van der Waals surface area contributed by atoms with Gasteiger partial charge in [0.15, 0.2) is 6.10 Å². The minimum Gasteiger partial charge on any atom is -0.383 e. The second-order valence-electron chi connectivity index (χ2n) is 5.63. The molecule has 1 aliphatic heterocycles. The molecule has 114 valence electrons. The number of amides is 1. The molecule has 1 saturated heterocycles. The summed E-state index contributed by atoms with van der Waals surface area (Å²) in [7, 11) is 0. The van der Waals surface area contributed by atoms with Crippen LogP contribution in [0.25, 0.3) is 0 Å². The van der Waals surface area contributed by atoms with Gasteiger partial charge in [-0.3, -0.25) is 4.79 Å². The Balaban J connectivity index is 1.85. The van der Waals surface area contributed by atoms with Crippen molar-refractivity contribution in [2.45, 2.75) is 44.4 Å². The average molecular weight is 291 g/mol. The van der Waals surface area contributed by atoms with Crippen LogP contribution >= 0.6 is 0 Å². The molecule has 6 heteroatoms. The first-order valence-electron chi connectivity index (χ1n) is 7.08. The molecule has 1 fully saturated rings. The number of hydrogen-bond acceptors (Lipinski definition) is 2. The number of allylic oxidation sites excluding steroid dienone is 2. The molecular weight excluding hydrogens is 271 g/mol. The summed E-state index contributed by atoms with van der Waals surface area (Å²) >= 11 is 0. The maximum atomic E-state index is 12.4. The van der Waals surface area contributed by atoms with Gasteiger partial charge in [-0.05, 0) is 38.0 Å². The van der Waals surface area contributed by atoms with Gasteiger partial charge in [-0.15, -0.1) is 0 Å². The Morgan fingerprint density at radius 1 is 1.20 bits per heavy atom. The summed E-state index contributed by atoms with van der Waals surface area (Å²) in [5.74, 6) is -0.760. The van der Waals surface area contributed by atoms with Gasteiger partial charge in [0.1, 0.15) is 0 Å². The Bertz CT molecular complexity index is 373. The molecule has 0 radical (unpaired) electrons. The Hall–Kier alpha value is -1.04. The molecule has 0 aromatic rings. The summed E-state index contributed by atoms with van der Waals surface area (Å²) in [6, 6.07) is 0. The van der Waals surface area contributed by atoms with E-state index in [2.05, 4.69) is 6.08 Å². The van der Waals surface area contributed by atoms with Gasteiger partial charge in [0, 0.05) is 19.0 Å². The molecule has 0 aromatic carbocycles. The normalized spacial score (nSPS) is 26.6. The smallest absolute Gasteiger partial charge is 0.383 e. The van der Waals surface area contributed by atoms with Crippen LogP contribution in [0, 0.1) is 11.8 Å². The van der Waals surface area contributed by atoms with E-state index in [4.69, 9.17) is 0 Å². The Labute approximate surface area is 116 Å². The number of carbonyl (C=O) groups excluding carboxylic acids is 1. The molecule has 1 heterocycles. The third-order valence-corrected chi connectivity index (χ3v) is 4.25. The number of aliphatic hydroxyl groups is 1. The lowest BCUT2D eigenvalue weighted by Gasteiger charge is -2.36. The van der Waals surface area contributed by atoms with Crippen LogP contribution in [0.1, 0.15) is 32.1 Å². The zero-order chi connectivity index (χ0) is 14.8. The number of alkyl halides is 3. The number of rotatable bonds is 2. The number of hydrogen-bond donors (Lipinski definition) is 1. The maximum absolute atomic E-state index is 12.4. The molecule has 2 rings (SSSR count). The van der Waals surface area contributed by atoms with Gasteiger partial charge in [-0.25, -0.2) is 0 Å². The Kier molecular flexibility index (Phi) is 4.73.